The monoisotopic (exact) mass is 314 g/mol. The highest BCUT2D eigenvalue weighted by Gasteiger charge is 2.31. The summed E-state index contributed by atoms with van der Waals surface area (Å²) in [6.07, 6.45) is 3.70. The Balaban J connectivity index is 2.25. The maximum absolute atomic E-state index is 13.7. The van der Waals surface area contributed by atoms with Crippen LogP contribution in [0.2, 0.25) is 0 Å². The van der Waals surface area contributed by atoms with E-state index in [1.54, 1.807) is 0 Å². The summed E-state index contributed by atoms with van der Waals surface area (Å²) < 4.78 is 41.4. The Bertz CT molecular complexity index is 614. The number of hydrogen-bond acceptors (Lipinski definition) is 3. The zero-order valence-electron chi connectivity index (χ0n) is 12.5. The average Bonchev–Trinajstić information content (AvgIpc) is 2.36. The number of sulfonamides is 1. The highest BCUT2D eigenvalue weighted by Crippen LogP contribution is 2.35. The SMILES string of the molecule is CC1(C)CCCC(NS(=O)(=O)c2cccc(F)c2CN)C1. The first-order valence-electron chi connectivity index (χ1n) is 7.25. The summed E-state index contributed by atoms with van der Waals surface area (Å²) in [6.45, 7) is 4.14. The normalized spacial score (nSPS) is 22.2. The number of benzene rings is 1. The Labute approximate surface area is 126 Å². The van der Waals surface area contributed by atoms with Gasteiger partial charge in [-0.3, -0.25) is 0 Å². The number of nitrogens with one attached hydrogen (secondary N) is 1. The topological polar surface area (TPSA) is 72.2 Å². The molecule has 118 valence electrons. The van der Waals surface area contributed by atoms with E-state index in [9.17, 15) is 12.8 Å². The minimum absolute atomic E-state index is 0.0417. The number of halogens is 1. The largest absolute Gasteiger partial charge is 0.326 e. The fourth-order valence-electron chi connectivity index (χ4n) is 3.07. The van der Waals surface area contributed by atoms with Crippen LogP contribution in [0, 0.1) is 11.2 Å². The second-order valence-electron chi connectivity index (χ2n) is 6.50. The minimum atomic E-state index is -3.75. The smallest absolute Gasteiger partial charge is 0.241 e. The Kier molecular flexibility index (Phi) is 4.70. The molecule has 21 heavy (non-hydrogen) atoms. The van der Waals surface area contributed by atoms with E-state index in [2.05, 4.69) is 18.6 Å². The van der Waals surface area contributed by atoms with Crippen LogP contribution in [-0.4, -0.2) is 14.5 Å². The van der Waals surface area contributed by atoms with Crippen LogP contribution in [-0.2, 0) is 16.6 Å². The van der Waals surface area contributed by atoms with Crippen LogP contribution in [0.1, 0.15) is 45.1 Å². The number of rotatable bonds is 4. The molecule has 6 heteroatoms. The first-order valence-corrected chi connectivity index (χ1v) is 8.73. The number of nitrogens with two attached hydrogens (primary N) is 1. The second kappa shape index (κ2) is 6.02. The first-order chi connectivity index (χ1) is 9.75. The molecule has 1 fully saturated rings. The van der Waals surface area contributed by atoms with Crippen LogP contribution in [0.25, 0.3) is 0 Å². The van der Waals surface area contributed by atoms with Crippen molar-refractivity contribution < 1.29 is 12.8 Å². The first kappa shape index (κ1) is 16.4. The van der Waals surface area contributed by atoms with Gasteiger partial charge in [0, 0.05) is 18.2 Å². The van der Waals surface area contributed by atoms with Crippen molar-refractivity contribution in [3.63, 3.8) is 0 Å². The Morgan fingerprint density at radius 1 is 1.43 bits per heavy atom. The number of hydrogen-bond donors (Lipinski definition) is 2. The minimum Gasteiger partial charge on any atom is -0.326 e. The van der Waals surface area contributed by atoms with E-state index in [4.69, 9.17) is 5.73 Å². The van der Waals surface area contributed by atoms with E-state index >= 15 is 0 Å². The van der Waals surface area contributed by atoms with Gasteiger partial charge in [-0.25, -0.2) is 17.5 Å². The molecule has 3 N–H and O–H groups in total. The molecular weight excluding hydrogens is 291 g/mol. The summed E-state index contributed by atoms with van der Waals surface area (Å²) >= 11 is 0. The highest BCUT2D eigenvalue weighted by atomic mass is 32.2. The third-order valence-electron chi connectivity index (χ3n) is 4.10. The van der Waals surface area contributed by atoms with Gasteiger partial charge in [0.05, 0.1) is 4.90 Å². The lowest BCUT2D eigenvalue weighted by molar-refractivity contribution is 0.212. The van der Waals surface area contributed by atoms with Crippen LogP contribution in [0.15, 0.2) is 23.1 Å². The molecule has 1 aromatic carbocycles. The van der Waals surface area contributed by atoms with Gasteiger partial charge < -0.3 is 5.73 Å². The van der Waals surface area contributed by atoms with E-state index in [-0.39, 0.29) is 28.5 Å². The van der Waals surface area contributed by atoms with Crippen molar-refractivity contribution in [3.8, 4) is 0 Å². The van der Waals surface area contributed by atoms with Crippen molar-refractivity contribution in [3.05, 3.63) is 29.6 Å². The maximum atomic E-state index is 13.7. The third kappa shape index (κ3) is 3.81. The molecule has 0 aliphatic heterocycles. The molecule has 0 heterocycles. The maximum Gasteiger partial charge on any atom is 0.241 e. The zero-order valence-corrected chi connectivity index (χ0v) is 13.3. The predicted octanol–water partition coefficient (Wildman–Crippen LogP) is 2.53. The van der Waals surface area contributed by atoms with Crippen molar-refractivity contribution in [2.24, 2.45) is 11.1 Å². The van der Waals surface area contributed by atoms with Gasteiger partial charge in [-0.05, 0) is 36.8 Å². The van der Waals surface area contributed by atoms with Gasteiger partial charge in [0.25, 0.3) is 0 Å². The van der Waals surface area contributed by atoms with Gasteiger partial charge in [-0.1, -0.05) is 26.3 Å². The standard InChI is InChI=1S/C15H23FN2O2S/c1-15(2)8-4-5-11(9-15)18-21(19,20)14-7-3-6-13(16)12(14)10-17/h3,6-7,11,18H,4-5,8-10,17H2,1-2H3. The molecule has 0 aromatic heterocycles. The van der Waals surface area contributed by atoms with Gasteiger partial charge in [-0.15, -0.1) is 0 Å². The summed E-state index contributed by atoms with van der Waals surface area (Å²) in [4.78, 5) is -0.0478. The van der Waals surface area contributed by atoms with Crippen LogP contribution in [0.3, 0.4) is 0 Å². The summed E-state index contributed by atoms with van der Waals surface area (Å²) in [7, 11) is -3.75. The molecule has 1 unspecified atom stereocenters. The van der Waals surface area contributed by atoms with E-state index in [1.165, 1.54) is 18.2 Å². The molecule has 1 aliphatic carbocycles. The van der Waals surface area contributed by atoms with Crippen molar-refractivity contribution in [1.82, 2.24) is 4.72 Å². The molecule has 0 spiro atoms. The fourth-order valence-corrected chi connectivity index (χ4v) is 4.60. The second-order valence-corrected chi connectivity index (χ2v) is 8.18. The summed E-state index contributed by atoms with van der Waals surface area (Å²) in [5, 5.41) is 0. The lowest BCUT2D eigenvalue weighted by atomic mass is 9.75. The van der Waals surface area contributed by atoms with Crippen molar-refractivity contribution in [2.45, 2.75) is 57.0 Å². The quantitative estimate of drug-likeness (QED) is 0.897. The van der Waals surface area contributed by atoms with Crippen molar-refractivity contribution in [2.75, 3.05) is 0 Å². The van der Waals surface area contributed by atoms with Crippen molar-refractivity contribution in [1.29, 1.82) is 0 Å². The summed E-state index contributed by atoms with van der Waals surface area (Å²) in [5.74, 6) is -0.579. The highest BCUT2D eigenvalue weighted by molar-refractivity contribution is 7.89. The molecule has 0 bridgehead atoms. The Morgan fingerprint density at radius 3 is 2.76 bits per heavy atom. The van der Waals surface area contributed by atoms with Crippen LogP contribution in [0.5, 0.6) is 0 Å². The van der Waals surface area contributed by atoms with E-state index in [1.807, 2.05) is 0 Å². The Hall–Kier alpha value is -0.980. The van der Waals surface area contributed by atoms with Gasteiger partial charge in [0.2, 0.25) is 10.0 Å². The molecule has 4 nitrogen and oxygen atoms in total. The Morgan fingerprint density at radius 2 is 2.14 bits per heavy atom. The van der Waals surface area contributed by atoms with E-state index < -0.39 is 15.8 Å². The van der Waals surface area contributed by atoms with Crippen molar-refractivity contribution >= 4 is 10.0 Å². The lowest BCUT2D eigenvalue weighted by Gasteiger charge is -2.35. The molecule has 1 saturated carbocycles. The molecule has 2 rings (SSSR count). The van der Waals surface area contributed by atoms with E-state index in [0.29, 0.717) is 0 Å². The fraction of sp³-hybridized carbons (Fsp3) is 0.600. The lowest BCUT2D eigenvalue weighted by Crippen LogP contribution is -2.41. The molecule has 0 radical (unpaired) electrons. The average molecular weight is 314 g/mol. The zero-order chi connectivity index (χ0) is 15.7. The van der Waals surface area contributed by atoms with Gasteiger partial charge in [-0.2, -0.15) is 0 Å². The molecular formula is C15H23FN2O2S. The summed E-state index contributed by atoms with van der Waals surface area (Å²) in [6, 6.07) is 3.92. The van der Waals surface area contributed by atoms with Crippen LogP contribution in [0.4, 0.5) is 4.39 Å². The van der Waals surface area contributed by atoms with E-state index in [0.717, 1.165) is 25.7 Å². The molecule has 1 atom stereocenters. The molecule has 0 saturated heterocycles. The van der Waals surface area contributed by atoms with Crippen LogP contribution < -0.4 is 10.5 Å². The van der Waals surface area contributed by atoms with Crippen LogP contribution >= 0.6 is 0 Å². The third-order valence-corrected chi connectivity index (χ3v) is 5.70. The predicted molar refractivity (Wildman–Crippen MR) is 80.6 cm³/mol. The summed E-state index contributed by atoms with van der Waals surface area (Å²) in [5.41, 5.74) is 5.66. The molecule has 1 aromatic rings. The van der Waals surface area contributed by atoms with Gasteiger partial charge in [0.15, 0.2) is 0 Å². The molecule has 1 aliphatic rings. The van der Waals surface area contributed by atoms with Gasteiger partial charge in [0.1, 0.15) is 5.82 Å². The molecule has 0 amide bonds. The van der Waals surface area contributed by atoms with Gasteiger partial charge >= 0.3 is 0 Å².